The summed E-state index contributed by atoms with van der Waals surface area (Å²) < 4.78 is 5.68. The van der Waals surface area contributed by atoms with E-state index < -0.39 is 10.9 Å². The highest BCUT2D eigenvalue weighted by atomic mass is 16.6. The van der Waals surface area contributed by atoms with Gasteiger partial charge in [0, 0.05) is 18.3 Å². The number of nitro groups is 1. The molecule has 2 rings (SSSR count). The van der Waals surface area contributed by atoms with Crippen LogP contribution >= 0.6 is 0 Å². The van der Waals surface area contributed by atoms with Crippen molar-refractivity contribution in [3.8, 4) is 17.5 Å². The average molecular weight is 302 g/mol. The smallest absolute Gasteiger partial charge is 0.357 e. The van der Waals surface area contributed by atoms with E-state index in [4.69, 9.17) is 11.0 Å². The lowest BCUT2D eigenvalue weighted by atomic mass is 10.2. The van der Waals surface area contributed by atoms with E-state index in [0.29, 0.717) is 0 Å². The highest BCUT2D eigenvalue weighted by molar-refractivity contribution is 5.96. The zero-order chi connectivity index (χ0) is 16.4. The minimum Gasteiger partial charge on any atom is -0.506 e. The molecule has 0 fully saturated rings. The van der Waals surface area contributed by atoms with Gasteiger partial charge in [-0.25, -0.2) is 4.79 Å². The van der Waals surface area contributed by atoms with Crippen molar-refractivity contribution in [2.24, 2.45) is 0 Å². The topological polar surface area (TPSA) is 144 Å². The lowest BCUT2D eigenvalue weighted by Crippen LogP contribution is -2.11. The second-order valence-corrected chi connectivity index (χ2v) is 4.21. The van der Waals surface area contributed by atoms with Crippen molar-refractivity contribution in [1.29, 1.82) is 5.26 Å². The summed E-state index contributed by atoms with van der Waals surface area (Å²) >= 11 is 0. The first-order valence-corrected chi connectivity index (χ1v) is 5.87. The van der Waals surface area contributed by atoms with Gasteiger partial charge >= 0.3 is 5.97 Å². The Morgan fingerprint density at radius 1 is 1.55 bits per heavy atom. The maximum atomic E-state index is 11.8. The van der Waals surface area contributed by atoms with Gasteiger partial charge in [-0.1, -0.05) is 0 Å². The van der Waals surface area contributed by atoms with Crippen molar-refractivity contribution in [3.05, 3.63) is 45.8 Å². The molecule has 0 atom stereocenters. The SMILES string of the molecule is COC(=O)c1c(N)c(C#N)cn1-c1cc([N+](=O)[O-])ccc1O. The predicted molar refractivity (Wildman–Crippen MR) is 74.6 cm³/mol. The van der Waals surface area contributed by atoms with E-state index in [9.17, 15) is 20.0 Å². The van der Waals surface area contributed by atoms with E-state index in [1.54, 1.807) is 6.07 Å². The molecule has 0 bridgehead atoms. The number of hydrogen-bond donors (Lipinski definition) is 2. The second kappa shape index (κ2) is 5.45. The Morgan fingerprint density at radius 2 is 2.23 bits per heavy atom. The van der Waals surface area contributed by atoms with Crippen LogP contribution in [-0.4, -0.2) is 27.7 Å². The molecule has 3 N–H and O–H groups in total. The first-order chi connectivity index (χ1) is 10.4. The van der Waals surface area contributed by atoms with Gasteiger partial charge in [0.05, 0.1) is 29.0 Å². The van der Waals surface area contributed by atoms with Crippen LogP contribution in [0.5, 0.6) is 5.75 Å². The van der Waals surface area contributed by atoms with Crippen LogP contribution in [0.2, 0.25) is 0 Å². The summed E-state index contributed by atoms with van der Waals surface area (Å²) in [5.41, 5.74) is 4.99. The Balaban J connectivity index is 2.78. The molecule has 9 heteroatoms. The van der Waals surface area contributed by atoms with Gasteiger partial charge in [-0.05, 0) is 6.07 Å². The number of ether oxygens (including phenoxy) is 1. The van der Waals surface area contributed by atoms with Crippen molar-refractivity contribution in [2.75, 3.05) is 12.8 Å². The van der Waals surface area contributed by atoms with Gasteiger partial charge in [0.1, 0.15) is 11.8 Å². The maximum absolute atomic E-state index is 11.8. The highest BCUT2D eigenvalue weighted by Gasteiger charge is 2.24. The summed E-state index contributed by atoms with van der Waals surface area (Å²) in [6.07, 6.45) is 1.19. The van der Waals surface area contributed by atoms with Crippen LogP contribution in [0.15, 0.2) is 24.4 Å². The van der Waals surface area contributed by atoms with Crippen LogP contribution in [0.4, 0.5) is 11.4 Å². The third-order valence-electron chi connectivity index (χ3n) is 2.97. The predicted octanol–water partition coefficient (Wildman–Crippen LogP) is 1.33. The number of esters is 1. The molecule has 0 unspecified atom stereocenters. The van der Waals surface area contributed by atoms with Crippen molar-refractivity contribution in [2.45, 2.75) is 0 Å². The molecule has 112 valence electrons. The number of anilines is 1. The Bertz CT molecular complexity index is 819. The summed E-state index contributed by atoms with van der Waals surface area (Å²) in [6.45, 7) is 0. The van der Waals surface area contributed by atoms with Gasteiger partial charge in [-0.15, -0.1) is 0 Å². The molecule has 22 heavy (non-hydrogen) atoms. The van der Waals surface area contributed by atoms with E-state index in [1.165, 1.54) is 6.20 Å². The van der Waals surface area contributed by atoms with E-state index in [-0.39, 0.29) is 34.1 Å². The molecule has 0 aliphatic carbocycles. The van der Waals surface area contributed by atoms with E-state index >= 15 is 0 Å². The molecule has 9 nitrogen and oxygen atoms in total. The van der Waals surface area contributed by atoms with Crippen LogP contribution < -0.4 is 5.73 Å². The molecule has 0 spiro atoms. The summed E-state index contributed by atoms with van der Waals surface area (Å²) in [7, 11) is 1.12. The molecule has 2 aromatic rings. The van der Waals surface area contributed by atoms with Gasteiger partial charge < -0.3 is 20.1 Å². The molecule has 1 heterocycles. The summed E-state index contributed by atoms with van der Waals surface area (Å²) in [6, 6.07) is 5.06. The van der Waals surface area contributed by atoms with E-state index in [2.05, 4.69) is 4.74 Å². The second-order valence-electron chi connectivity index (χ2n) is 4.21. The van der Waals surface area contributed by atoms with Crippen molar-refractivity contribution < 1.29 is 19.6 Å². The van der Waals surface area contributed by atoms with Crippen LogP contribution in [0, 0.1) is 21.4 Å². The van der Waals surface area contributed by atoms with Gasteiger partial charge in [0.2, 0.25) is 0 Å². The molecular formula is C13H10N4O5. The molecule has 0 aliphatic heterocycles. The minimum atomic E-state index is -0.843. The van der Waals surface area contributed by atoms with Crippen molar-refractivity contribution in [1.82, 2.24) is 4.57 Å². The molecule has 0 amide bonds. The number of benzene rings is 1. The Hall–Kier alpha value is -3.54. The maximum Gasteiger partial charge on any atom is 0.357 e. The lowest BCUT2D eigenvalue weighted by Gasteiger charge is -2.10. The Morgan fingerprint density at radius 3 is 2.77 bits per heavy atom. The van der Waals surface area contributed by atoms with Crippen LogP contribution in [0.1, 0.15) is 16.1 Å². The number of rotatable bonds is 3. The molecular weight excluding hydrogens is 292 g/mol. The largest absolute Gasteiger partial charge is 0.506 e. The third-order valence-corrected chi connectivity index (χ3v) is 2.97. The fourth-order valence-electron chi connectivity index (χ4n) is 1.92. The first-order valence-electron chi connectivity index (χ1n) is 5.87. The molecule has 0 saturated heterocycles. The zero-order valence-corrected chi connectivity index (χ0v) is 11.3. The number of phenols is 1. The number of non-ortho nitro benzene ring substituents is 1. The standard InChI is InChI=1S/C13H10N4O5/c1-22-13(19)12-11(15)7(5-14)6-16(12)9-4-8(17(20)21)2-3-10(9)18/h2-4,6,18H,15H2,1H3. The number of nitrogen functional groups attached to an aromatic ring is 1. The number of aromatic hydroxyl groups is 1. The van der Waals surface area contributed by atoms with Crippen molar-refractivity contribution in [3.63, 3.8) is 0 Å². The van der Waals surface area contributed by atoms with E-state index in [1.807, 2.05) is 0 Å². The van der Waals surface area contributed by atoms with Crippen molar-refractivity contribution >= 4 is 17.3 Å². The summed E-state index contributed by atoms with van der Waals surface area (Å²) in [5.74, 6) is -1.17. The number of nitriles is 1. The Labute approximate surface area is 123 Å². The normalized spacial score (nSPS) is 10.0. The zero-order valence-electron chi connectivity index (χ0n) is 11.3. The van der Waals surface area contributed by atoms with Gasteiger partial charge in [0.15, 0.2) is 5.69 Å². The number of nitrogens with two attached hydrogens (primary N) is 1. The monoisotopic (exact) mass is 302 g/mol. The van der Waals surface area contributed by atoms with Gasteiger partial charge in [0.25, 0.3) is 5.69 Å². The number of hydrogen-bond acceptors (Lipinski definition) is 7. The highest BCUT2D eigenvalue weighted by Crippen LogP contribution is 2.31. The summed E-state index contributed by atoms with van der Waals surface area (Å²) in [5, 5.41) is 29.8. The molecule has 0 aliphatic rings. The number of phenolic OH excluding ortho intramolecular Hbond substituents is 1. The quantitative estimate of drug-likeness (QED) is 0.494. The van der Waals surface area contributed by atoms with Gasteiger partial charge in [-0.2, -0.15) is 5.26 Å². The number of nitro benzene ring substituents is 1. The fraction of sp³-hybridized carbons (Fsp3) is 0.0769. The number of methoxy groups -OCH3 is 1. The first kappa shape index (κ1) is 14.9. The van der Waals surface area contributed by atoms with Crippen LogP contribution in [0.25, 0.3) is 5.69 Å². The molecule has 0 radical (unpaired) electrons. The lowest BCUT2D eigenvalue weighted by molar-refractivity contribution is -0.384. The number of aromatic nitrogens is 1. The minimum absolute atomic E-state index is 0.0219. The van der Waals surface area contributed by atoms with Crippen LogP contribution in [-0.2, 0) is 4.74 Å². The molecule has 1 aromatic carbocycles. The summed E-state index contributed by atoms with van der Waals surface area (Å²) in [4.78, 5) is 22.0. The number of nitrogens with zero attached hydrogens (tertiary/aromatic N) is 3. The molecule has 1 aromatic heterocycles. The fourth-order valence-corrected chi connectivity index (χ4v) is 1.92. The third kappa shape index (κ3) is 2.29. The average Bonchev–Trinajstić information content (AvgIpc) is 2.83. The number of carbonyl (C=O) groups excluding carboxylic acids is 1. The van der Waals surface area contributed by atoms with Crippen LogP contribution in [0.3, 0.4) is 0 Å². The molecule has 0 saturated carbocycles. The van der Waals surface area contributed by atoms with E-state index in [0.717, 1.165) is 29.9 Å². The van der Waals surface area contributed by atoms with Gasteiger partial charge in [-0.3, -0.25) is 10.1 Å². The number of carbonyl (C=O) groups is 1. The Kier molecular flexibility index (Phi) is 3.68.